The third-order valence-electron chi connectivity index (χ3n) is 3.41. The van der Waals surface area contributed by atoms with Gasteiger partial charge in [-0.05, 0) is 18.8 Å². The van der Waals surface area contributed by atoms with E-state index in [4.69, 9.17) is 4.74 Å². The van der Waals surface area contributed by atoms with Gasteiger partial charge in [0.2, 0.25) is 0 Å². The van der Waals surface area contributed by atoms with E-state index in [1.165, 1.54) is 6.20 Å². The number of ether oxygens (including phenoxy) is 1. The monoisotopic (exact) mass is 375 g/mol. The molecule has 0 bridgehead atoms. The second-order valence-electron chi connectivity index (χ2n) is 4.98. The smallest absolute Gasteiger partial charge is 0.462 e. The first-order chi connectivity index (χ1) is 11.8. The van der Waals surface area contributed by atoms with E-state index < -0.39 is 5.97 Å². The molecule has 128 valence electrons. The van der Waals surface area contributed by atoms with Crippen LogP contribution >= 0.6 is 0 Å². The minimum Gasteiger partial charge on any atom is -0.462 e. The fraction of sp³-hybridized carbons (Fsp3) is 0.105. The van der Waals surface area contributed by atoms with Gasteiger partial charge in [-0.25, -0.2) is 26.4 Å². The summed E-state index contributed by atoms with van der Waals surface area (Å²) in [7, 11) is 0. The Morgan fingerprint density at radius 3 is 2.56 bits per heavy atom. The van der Waals surface area contributed by atoms with Crippen LogP contribution in [0, 0.1) is 0 Å². The van der Waals surface area contributed by atoms with E-state index in [2.05, 4.69) is 10.1 Å². The van der Waals surface area contributed by atoms with Crippen molar-refractivity contribution in [3.63, 3.8) is 0 Å². The van der Waals surface area contributed by atoms with Gasteiger partial charge in [0, 0.05) is 0 Å². The normalized spacial score (nSPS) is 9.80. The first kappa shape index (κ1) is 18.6. The summed E-state index contributed by atoms with van der Waals surface area (Å²) >= 11 is 0. The molecule has 0 unspecified atom stereocenters. The Hall–Kier alpha value is -2.69. The van der Waals surface area contributed by atoms with Crippen LogP contribution < -0.4 is 0 Å². The van der Waals surface area contributed by atoms with Crippen LogP contribution in [0.1, 0.15) is 17.3 Å². The van der Waals surface area contributed by atoms with Gasteiger partial charge in [0.15, 0.2) is 5.65 Å². The number of nitrogens with zero attached hydrogens (tertiary/aromatic N) is 3. The van der Waals surface area contributed by atoms with Crippen molar-refractivity contribution in [2.24, 2.45) is 0 Å². The van der Waals surface area contributed by atoms with Crippen LogP contribution in [0.25, 0.3) is 16.9 Å². The van der Waals surface area contributed by atoms with E-state index in [1.807, 2.05) is 60.7 Å². The first-order valence-electron chi connectivity index (χ1n) is 7.70. The van der Waals surface area contributed by atoms with E-state index in [-0.39, 0.29) is 17.1 Å². The van der Waals surface area contributed by atoms with Gasteiger partial charge in [-0.1, -0.05) is 11.6 Å². The number of carbonyl (C=O) groups is 1. The number of hydrogen-bond donors (Lipinski definition) is 0. The third kappa shape index (κ3) is 4.24. The molecule has 4 rings (SSSR count). The van der Waals surface area contributed by atoms with Gasteiger partial charge in [0.1, 0.15) is 5.56 Å². The molecule has 2 heterocycles. The van der Waals surface area contributed by atoms with Gasteiger partial charge >= 0.3 is 23.0 Å². The van der Waals surface area contributed by atoms with E-state index in [0.717, 1.165) is 11.3 Å². The maximum Gasteiger partial charge on any atom is 2.00 e. The predicted octanol–water partition coefficient (Wildman–Crippen LogP) is 3.69. The standard InChI is InChI=1S/C14H12N3O2.C5H5.Fe/c1-2-19-14(18)11-9-16-17-12(7-8-15-13(11)17)10-5-3-4-6-10;1-2-4-5-3-1;/h3-9H,2H2,1H3;1-5H;/q2*-1;+2. The van der Waals surface area contributed by atoms with Crippen molar-refractivity contribution in [3.05, 3.63) is 78.6 Å². The van der Waals surface area contributed by atoms with E-state index in [0.29, 0.717) is 17.8 Å². The zero-order valence-electron chi connectivity index (χ0n) is 13.6. The van der Waals surface area contributed by atoms with Crippen molar-refractivity contribution in [2.45, 2.75) is 6.92 Å². The molecule has 25 heavy (non-hydrogen) atoms. The van der Waals surface area contributed by atoms with E-state index in [9.17, 15) is 4.79 Å². The van der Waals surface area contributed by atoms with Crippen LogP contribution in [0.2, 0.25) is 0 Å². The molecule has 0 spiro atoms. The molecule has 0 saturated carbocycles. The maximum absolute atomic E-state index is 11.8. The number of rotatable bonds is 3. The summed E-state index contributed by atoms with van der Waals surface area (Å²) in [5.74, 6) is -0.398. The molecule has 2 aromatic heterocycles. The fourth-order valence-electron chi connectivity index (χ4n) is 2.33. The van der Waals surface area contributed by atoms with Crippen LogP contribution in [0.3, 0.4) is 0 Å². The number of carbonyl (C=O) groups excluding carboxylic acids is 1. The average molecular weight is 375 g/mol. The second-order valence-corrected chi connectivity index (χ2v) is 4.98. The molecule has 5 nitrogen and oxygen atoms in total. The third-order valence-corrected chi connectivity index (χ3v) is 3.41. The number of hydrogen-bond acceptors (Lipinski definition) is 4. The summed E-state index contributed by atoms with van der Waals surface area (Å²) in [6.45, 7) is 2.10. The van der Waals surface area contributed by atoms with Crippen molar-refractivity contribution in [1.82, 2.24) is 14.6 Å². The van der Waals surface area contributed by atoms with E-state index in [1.54, 1.807) is 17.6 Å². The SMILES string of the molecule is CCOC(=O)c1cnn2c(-[c-]3cccc3)ccnc12.[Fe+2].c1cc[cH-]c1. The molecule has 0 fully saturated rings. The largest absolute Gasteiger partial charge is 2.00 e. The minimum absolute atomic E-state index is 0. The molecule has 0 aliphatic rings. The number of fused-ring (bicyclic) bond motifs is 1. The molecule has 6 heteroatoms. The Morgan fingerprint density at radius 1 is 1.24 bits per heavy atom. The van der Waals surface area contributed by atoms with Gasteiger partial charge in [0.25, 0.3) is 0 Å². The molecule has 0 atom stereocenters. The van der Waals surface area contributed by atoms with Crippen LogP contribution in [0.5, 0.6) is 0 Å². The van der Waals surface area contributed by atoms with Crippen LogP contribution in [0.4, 0.5) is 0 Å². The second kappa shape index (κ2) is 8.97. The van der Waals surface area contributed by atoms with Crippen molar-refractivity contribution in [2.75, 3.05) is 6.61 Å². The maximum atomic E-state index is 11.8. The topological polar surface area (TPSA) is 56.5 Å². The Bertz CT molecular complexity index is 879. The quantitative estimate of drug-likeness (QED) is 0.311. The summed E-state index contributed by atoms with van der Waals surface area (Å²) in [6, 6.07) is 19.7. The van der Waals surface area contributed by atoms with Crippen molar-refractivity contribution in [3.8, 4) is 11.3 Å². The molecular formula is C19H17FeN3O2. The van der Waals surface area contributed by atoms with Gasteiger partial charge in [-0.3, -0.25) is 0 Å². The summed E-state index contributed by atoms with van der Waals surface area (Å²) in [5.41, 5.74) is 2.82. The van der Waals surface area contributed by atoms with Crippen LogP contribution in [0.15, 0.2) is 73.1 Å². The number of aromatic nitrogens is 3. The molecule has 0 radical (unpaired) electrons. The molecule has 0 amide bonds. The Morgan fingerprint density at radius 2 is 1.96 bits per heavy atom. The Kier molecular flexibility index (Phi) is 6.69. The Labute approximate surface area is 156 Å². The molecule has 0 saturated heterocycles. The molecule has 0 aliphatic carbocycles. The summed E-state index contributed by atoms with van der Waals surface area (Å²) < 4.78 is 6.65. The van der Waals surface area contributed by atoms with Gasteiger partial charge in [-0.15, -0.1) is 12.1 Å². The van der Waals surface area contributed by atoms with Crippen molar-refractivity contribution < 1.29 is 26.6 Å². The Balaban J connectivity index is 0.000000325. The number of esters is 1. The molecule has 2 aromatic carbocycles. The fourth-order valence-corrected chi connectivity index (χ4v) is 2.33. The van der Waals surface area contributed by atoms with Crippen molar-refractivity contribution in [1.29, 1.82) is 0 Å². The molecular weight excluding hydrogens is 358 g/mol. The van der Waals surface area contributed by atoms with Crippen LogP contribution in [-0.2, 0) is 21.8 Å². The van der Waals surface area contributed by atoms with Gasteiger partial charge in [-0.2, -0.15) is 35.4 Å². The van der Waals surface area contributed by atoms with Crippen molar-refractivity contribution >= 4 is 11.6 Å². The summed E-state index contributed by atoms with van der Waals surface area (Å²) in [4.78, 5) is 16.0. The minimum atomic E-state index is -0.398. The summed E-state index contributed by atoms with van der Waals surface area (Å²) in [5, 5.41) is 4.23. The zero-order valence-corrected chi connectivity index (χ0v) is 14.8. The summed E-state index contributed by atoms with van der Waals surface area (Å²) in [6.07, 6.45) is 3.16. The molecule has 0 aliphatic heterocycles. The van der Waals surface area contributed by atoms with E-state index >= 15 is 0 Å². The molecule has 0 N–H and O–H groups in total. The molecule has 4 aromatic rings. The van der Waals surface area contributed by atoms with Gasteiger partial charge < -0.3 is 4.74 Å². The first-order valence-corrected chi connectivity index (χ1v) is 7.70. The van der Waals surface area contributed by atoms with Gasteiger partial charge in [0.05, 0.1) is 12.8 Å². The zero-order chi connectivity index (χ0) is 16.8. The average Bonchev–Trinajstić information content (AvgIpc) is 3.37. The van der Waals surface area contributed by atoms with Crippen LogP contribution in [-0.4, -0.2) is 27.2 Å². The predicted molar refractivity (Wildman–Crippen MR) is 92.0 cm³/mol.